The smallest absolute Gasteiger partial charge is 0.291 e. The van der Waals surface area contributed by atoms with Crippen molar-refractivity contribution in [3.8, 4) is 11.5 Å². The molecule has 0 saturated heterocycles. The summed E-state index contributed by atoms with van der Waals surface area (Å²) in [4.78, 5) is 31.5. The lowest BCUT2D eigenvalue weighted by atomic mass is 10.1. The molecule has 0 atom stereocenters. The Morgan fingerprint density at radius 1 is 1.14 bits per heavy atom. The van der Waals surface area contributed by atoms with Gasteiger partial charge in [0.05, 0.1) is 26.8 Å². The number of carbonyl (C=O) groups excluding carboxylic acids is 2. The molecule has 9 heteroatoms. The highest BCUT2D eigenvalue weighted by Crippen LogP contribution is 2.27. The lowest BCUT2D eigenvalue weighted by molar-refractivity contribution is -0.119. The molecule has 148 valence electrons. The highest BCUT2D eigenvalue weighted by atomic mass is 16.5. The summed E-state index contributed by atoms with van der Waals surface area (Å²) in [7, 11) is 3.16. The summed E-state index contributed by atoms with van der Waals surface area (Å²) < 4.78 is 10.5. The molecule has 2 amide bonds. The van der Waals surface area contributed by atoms with Crippen molar-refractivity contribution in [1.82, 2.24) is 20.7 Å². The van der Waals surface area contributed by atoms with Gasteiger partial charge in [-0.15, -0.1) is 0 Å². The first kappa shape index (κ1) is 20.8. The fourth-order valence-corrected chi connectivity index (χ4v) is 2.34. The van der Waals surface area contributed by atoms with Crippen LogP contribution in [0, 0.1) is 0 Å². The largest absolute Gasteiger partial charge is 0.493 e. The average Bonchev–Trinajstić information content (AvgIpc) is 2.72. The van der Waals surface area contributed by atoms with Crippen LogP contribution in [0.2, 0.25) is 0 Å². The van der Waals surface area contributed by atoms with Crippen LogP contribution in [0.1, 0.15) is 29.4 Å². The molecule has 0 aliphatic carbocycles. The third-order valence-electron chi connectivity index (χ3n) is 3.74. The predicted molar refractivity (Wildman–Crippen MR) is 103 cm³/mol. The van der Waals surface area contributed by atoms with Crippen LogP contribution >= 0.6 is 0 Å². The maximum atomic E-state index is 12.0. The second kappa shape index (κ2) is 10.6. The van der Waals surface area contributed by atoms with Crippen molar-refractivity contribution in [2.75, 3.05) is 20.8 Å². The van der Waals surface area contributed by atoms with Crippen molar-refractivity contribution >= 4 is 17.5 Å². The number of ether oxygens (including phenoxy) is 2. The van der Waals surface area contributed by atoms with E-state index in [1.807, 2.05) is 18.2 Å². The van der Waals surface area contributed by atoms with E-state index in [0.29, 0.717) is 30.2 Å². The average molecular weight is 385 g/mol. The highest BCUT2D eigenvalue weighted by Gasteiger charge is 2.08. The molecule has 1 aromatic carbocycles. The molecule has 0 aliphatic rings. The van der Waals surface area contributed by atoms with Gasteiger partial charge >= 0.3 is 0 Å². The van der Waals surface area contributed by atoms with Crippen LogP contribution in [-0.4, -0.2) is 48.3 Å². The minimum Gasteiger partial charge on any atom is -0.493 e. The number of carbonyl (C=O) groups is 2. The van der Waals surface area contributed by atoms with Gasteiger partial charge in [-0.05, 0) is 31.0 Å². The van der Waals surface area contributed by atoms with Gasteiger partial charge in [-0.2, -0.15) is 5.10 Å². The quantitative estimate of drug-likeness (QED) is 0.497. The Labute approximate surface area is 163 Å². The molecular weight excluding hydrogens is 362 g/mol. The Balaban J connectivity index is 1.76. The van der Waals surface area contributed by atoms with Gasteiger partial charge in [0.1, 0.15) is 5.69 Å². The Morgan fingerprint density at radius 3 is 2.61 bits per heavy atom. The van der Waals surface area contributed by atoms with Crippen LogP contribution in [0.25, 0.3) is 0 Å². The first-order valence-corrected chi connectivity index (χ1v) is 8.60. The van der Waals surface area contributed by atoms with Gasteiger partial charge in [0.15, 0.2) is 11.5 Å². The van der Waals surface area contributed by atoms with Crippen molar-refractivity contribution in [3.63, 3.8) is 0 Å². The number of rotatable bonds is 9. The number of hydrazone groups is 1. The number of methoxy groups -OCH3 is 2. The van der Waals surface area contributed by atoms with E-state index < -0.39 is 5.91 Å². The molecule has 0 bridgehead atoms. The molecule has 2 aromatic rings. The van der Waals surface area contributed by atoms with Crippen molar-refractivity contribution < 1.29 is 19.1 Å². The Kier molecular flexibility index (Phi) is 7.89. The lowest BCUT2D eigenvalue weighted by Crippen LogP contribution is -2.28. The fourth-order valence-electron chi connectivity index (χ4n) is 2.34. The Bertz CT molecular complexity index is 839. The van der Waals surface area contributed by atoms with E-state index >= 15 is 0 Å². The Hall–Kier alpha value is -3.49. The van der Waals surface area contributed by atoms with Crippen LogP contribution in [0.15, 0.2) is 41.9 Å². The zero-order chi connectivity index (χ0) is 20.4. The summed E-state index contributed by atoms with van der Waals surface area (Å²) >= 11 is 0. The number of hydrogen-bond donors (Lipinski definition) is 2. The molecule has 28 heavy (non-hydrogen) atoms. The number of amides is 2. The minimum atomic E-state index is -0.485. The van der Waals surface area contributed by atoms with E-state index in [1.54, 1.807) is 21.1 Å². The van der Waals surface area contributed by atoms with Crippen molar-refractivity contribution in [1.29, 1.82) is 0 Å². The zero-order valence-corrected chi connectivity index (χ0v) is 16.1. The summed E-state index contributed by atoms with van der Waals surface area (Å²) in [5, 5.41) is 6.73. The first-order chi connectivity index (χ1) is 13.5. The van der Waals surface area contributed by atoms with E-state index in [4.69, 9.17) is 9.47 Å². The van der Waals surface area contributed by atoms with Crippen LogP contribution in [0.3, 0.4) is 0 Å². The maximum Gasteiger partial charge on any atom is 0.291 e. The molecular formula is C19H23N5O4. The van der Waals surface area contributed by atoms with E-state index in [0.717, 1.165) is 5.56 Å². The molecule has 1 aromatic heterocycles. The SMILES string of the molecule is COc1ccc(CCNC(=O)CC(C)=NNC(=O)c2cnccn2)cc1OC. The molecule has 0 saturated carbocycles. The number of hydrogen-bond acceptors (Lipinski definition) is 7. The van der Waals surface area contributed by atoms with Gasteiger partial charge in [-0.25, -0.2) is 10.4 Å². The molecule has 0 fully saturated rings. The third-order valence-corrected chi connectivity index (χ3v) is 3.74. The van der Waals surface area contributed by atoms with Gasteiger partial charge in [0.2, 0.25) is 5.91 Å². The molecule has 9 nitrogen and oxygen atoms in total. The highest BCUT2D eigenvalue weighted by molar-refractivity contribution is 6.00. The predicted octanol–water partition coefficient (Wildman–Crippen LogP) is 1.35. The van der Waals surface area contributed by atoms with E-state index in [1.165, 1.54) is 18.6 Å². The number of aromatic nitrogens is 2. The Morgan fingerprint density at radius 2 is 1.93 bits per heavy atom. The summed E-state index contributed by atoms with van der Waals surface area (Å²) in [6.07, 6.45) is 4.94. The number of nitrogens with zero attached hydrogens (tertiary/aromatic N) is 3. The first-order valence-electron chi connectivity index (χ1n) is 8.60. The molecule has 2 N–H and O–H groups in total. The van der Waals surface area contributed by atoms with E-state index in [2.05, 4.69) is 25.8 Å². The topological polar surface area (TPSA) is 115 Å². The van der Waals surface area contributed by atoms with Crippen molar-refractivity contribution in [2.24, 2.45) is 5.10 Å². The van der Waals surface area contributed by atoms with E-state index in [9.17, 15) is 9.59 Å². The summed E-state index contributed by atoms with van der Waals surface area (Å²) in [5.41, 5.74) is 3.99. The summed E-state index contributed by atoms with van der Waals surface area (Å²) in [6, 6.07) is 5.62. The second-order valence-corrected chi connectivity index (χ2v) is 5.84. The van der Waals surface area contributed by atoms with E-state index in [-0.39, 0.29) is 18.0 Å². The van der Waals surface area contributed by atoms with Gasteiger partial charge in [0.25, 0.3) is 5.91 Å². The molecule has 0 aliphatic heterocycles. The van der Waals surface area contributed by atoms with Gasteiger partial charge in [-0.1, -0.05) is 6.07 Å². The second-order valence-electron chi connectivity index (χ2n) is 5.84. The summed E-state index contributed by atoms with van der Waals surface area (Å²) in [6.45, 7) is 2.12. The fraction of sp³-hybridized carbons (Fsp3) is 0.316. The maximum absolute atomic E-state index is 12.0. The molecule has 1 heterocycles. The lowest BCUT2D eigenvalue weighted by Gasteiger charge is -2.10. The third kappa shape index (κ3) is 6.35. The van der Waals surface area contributed by atoms with Gasteiger partial charge < -0.3 is 14.8 Å². The summed E-state index contributed by atoms with van der Waals surface area (Å²) in [5.74, 6) is 0.635. The van der Waals surface area contributed by atoms with Crippen LogP contribution in [0.4, 0.5) is 0 Å². The van der Waals surface area contributed by atoms with Crippen LogP contribution < -0.4 is 20.2 Å². The molecule has 2 rings (SSSR count). The standard InChI is InChI=1S/C19H23N5O4/c1-13(23-24-19(26)15-12-20-8-9-21-15)10-18(25)22-7-6-14-4-5-16(27-2)17(11-14)28-3/h4-5,8-9,11-12H,6-7,10H2,1-3H3,(H,22,25)(H,24,26). The minimum absolute atomic E-state index is 0.0761. The molecule has 0 spiro atoms. The van der Waals surface area contributed by atoms with Gasteiger partial charge in [0, 0.05) is 24.7 Å². The zero-order valence-electron chi connectivity index (χ0n) is 16.1. The van der Waals surface area contributed by atoms with Crippen molar-refractivity contribution in [2.45, 2.75) is 19.8 Å². The molecule has 0 unspecified atom stereocenters. The monoisotopic (exact) mass is 385 g/mol. The van der Waals surface area contributed by atoms with Crippen molar-refractivity contribution in [3.05, 3.63) is 48.0 Å². The number of nitrogens with one attached hydrogen (secondary N) is 2. The van der Waals surface area contributed by atoms with Crippen LogP contribution in [-0.2, 0) is 11.2 Å². The normalized spacial score (nSPS) is 10.9. The van der Waals surface area contributed by atoms with Crippen LogP contribution in [0.5, 0.6) is 11.5 Å². The van der Waals surface area contributed by atoms with Gasteiger partial charge in [-0.3, -0.25) is 14.6 Å². The number of benzene rings is 1. The molecule has 0 radical (unpaired) electrons.